The van der Waals surface area contributed by atoms with Gasteiger partial charge in [-0.25, -0.2) is 0 Å². The van der Waals surface area contributed by atoms with Crippen molar-refractivity contribution in [2.45, 2.75) is 59.5 Å². The first-order chi connectivity index (χ1) is 12.0. The fourth-order valence-electron chi connectivity index (χ4n) is 2.69. The van der Waals surface area contributed by atoms with Crippen LogP contribution in [0.3, 0.4) is 0 Å². The number of benzene rings is 2. The molecule has 0 aliphatic carbocycles. The SMILES string of the molecule is CCCCc1ccc(NC(=O)[C@@H](CC)Oc2cccc(C)c2C)cc1. The van der Waals surface area contributed by atoms with Gasteiger partial charge >= 0.3 is 0 Å². The van der Waals surface area contributed by atoms with Gasteiger partial charge in [-0.2, -0.15) is 0 Å². The van der Waals surface area contributed by atoms with Crippen molar-refractivity contribution in [3.05, 3.63) is 59.2 Å². The molecule has 25 heavy (non-hydrogen) atoms. The molecular formula is C22H29NO2. The van der Waals surface area contributed by atoms with E-state index in [-0.39, 0.29) is 5.91 Å². The number of nitrogens with one attached hydrogen (secondary N) is 1. The minimum Gasteiger partial charge on any atom is -0.480 e. The van der Waals surface area contributed by atoms with Crippen molar-refractivity contribution in [1.29, 1.82) is 0 Å². The third-order valence-corrected chi connectivity index (χ3v) is 4.53. The Hall–Kier alpha value is -2.29. The highest BCUT2D eigenvalue weighted by atomic mass is 16.5. The third kappa shape index (κ3) is 5.35. The largest absolute Gasteiger partial charge is 0.480 e. The smallest absolute Gasteiger partial charge is 0.265 e. The molecule has 0 aliphatic rings. The molecule has 0 fully saturated rings. The minimum atomic E-state index is -0.500. The molecule has 0 saturated carbocycles. The molecule has 1 N–H and O–H groups in total. The Bertz CT molecular complexity index is 692. The van der Waals surface area contributed by atoms with Crippen LogP contribution in [-0.4, -0.2) is 12.0 Å². The van der Waals surface area contributed by atoms with Gasteiger partial charge in [0.15, 0.2) is 6.10 Å². The lowest BCUT2D eigenvalue weighted by atomic mass is 10.1. The quantitative estimate of drug-likeness (QED) is 0.695. The number of ether oxygens (including phenoxy) is 1. The summed E-state index contributed by atoms with van der Waals surface area (Å²) < 4.78 is 5.97. The Balaban J connectivity index is 2.01. The van der Waals surface area contributed by atoms with Gasteiger partial charge in [-0.1, -0.05) is 44.5 Å². The fraction of sp³-hybridized carbons (Fsp3) is 0.409. The van der Waals surface area contributed by atoms with Crippen molar-refractivity contribution in [1.82, 2.24) is 0 Å². The summed E-state index contributed by atoms with van der Waals surface area (Å²) in [4.78, 5) is 12.6. The van der Waals surface area contributed by atoms with Crippen LogP contribution < -0.4 is 10.1 Å². The van der Waals surface area contributed by atoms with Gasteiger partial charge in [-0.15, -0.1) is 0 Å². The van der Waals surface area contributed by atoms with E-state index in [1.54, 1.807) is 0 Å². The highest BCUT2D eigenvalue weighted by Crippen LogP contribution is 2.23. The number of rotatable bonds is 8. The molecule has 1 atom stereocenters. The molecule has 0 aliphatic heterocycles. The van der Waals surface area contributed by atoms with Crippen molar-refractivity contribution >= 4 is 11.6 Å². The topological polar surface area (TPSA) is 38.3 Å². The lowest BCUT2D eigenvalue weighted by Gasteiger charge is -2.19. The number of aryl methyl sites for hydroxylation is 2. The average molecular weight is 339 g/mol. The average Bonchev–Trinajstić information content (AvgIpc) is 2.62. The molecule has 0 unspecified atom stereocenters. The number of hydrogen-bond acceptors (Lipinski definition) is 2. The Kier molecular flexibility index (Phi) is 7.05. The van der Waals surface area contributed by atoms with Crippen LogP contribution >= 0.6 is 0 Å². The van der Waals surface area contributed by atoms with Crippen LogP contribution in [0, 0.1) is 13.8 Å². The predicted molar refractivity (Wildman–Crippen MR) is 104 cm³/mol. The lowest BCUT2D eigenvalue weighted by molar-refractivity contribution is -0.122. The minimum absolute atomic E-state index is 0.107. The summed E-state index contributed by atoms with van der Waals surface area (Å²) in [6.45, 7) is 8.21. The first-order valence-electron chi connectivity index (χ1n) is 9.17. The van der Waals surface area contributed by atoms with E-state index in [4.69, 9.17) is 4.74 Å². The number of amides is 1. The number of carbonyl (C=O) groups is 1. The van der Waals surface area contributed by atoms with Gasteiger partial charge < -0.3 is 10.1 Å². The van der Waals surface area contributed by atoms with Crippen LogP contribution in [0.2, 0.25) is 0 Å². The first-order valence-corrected chi connectivity index (χ1v) is 9.17. The van der Waals surface area contributed by atoms with E-state index in [1.807, 2.05) is 51.1 Å². The summed E-state index contributed by atoms with van der Waals surface area (Å²) in [7, 11) is 0. The molecular weight excluding hydrogens is 310 g/mol. The van der Waals surface area contributed by atoms with Crippen molar-refractivity contribution < 1.29 is 9.53 Å². The lowest BCUT2D eigenvalue weighted by Crippen LogP contribution is -2.32. The van der Waals surface area contributed by atoms with E-state index < -0.39 is 6.10 Å². The summed E-state index contributed by atoms with van der Waals surface area (Å²) in [5.74, 6) is 0.668. The monoisotopic (exact) mass is 339 g/mol. The second kappa shape index (κ2) is 9.26. The van der Waals surface area contributed by atoms with Crippen molar-refractivity contribution in [3.8, 4) is 5.75 Å². The summed E-state index contributed by atoms with van der Waals surface area (Å²) in [6.07, 6.45) is 3.58. The number of hydrogen-bond donors (Lipinski definition) is 1. The zero-order chi connectivity index (χ0) is 18.2. The third-order valence-electron chi connectivity index (χ3n) is 4.53. The van der Waals surface area contributed by atoms with Gasteiger partial charge in [0, 0.05) is 5.69 Å². The van der Waals surface area contributed by atoms with Gasteiger partial charge in [-0.3, -0.25) is 4.79 Å². The maximum Gasteiger partial charge on any atom is 0.265 e. The van der Waals surface area contributed by atoms with Crippen molar-refractivity contribution in [2.75, 3.05) is 5.32 Å². The van der Waals surface area contributed by atoms with Crippen molar-refractivity contribution in [2.24, 2.45) is 0 Å². The van der Waals surface area contributed by atoms with Gasteiger partial charge in [0.05, 0.1) is 0 Å². The molecule has 2 rings (SSSR count). The predicted octanol–water partition coefficient (Wildman–Crippen LogP) is 5.44. The van der Waals surface area contributed by atoms with Crippen LogP contribution in [-0.2, 0) is 11.2 Å². The van der Waals surface area contributed by atoms with E-state index >= 15 is 0 Å². The van der Waals surface area contributed by atoms with Crippen LogP contribution in [0.15, 0.2) is 42.5 Å². The normalized spacial score (nSPS) is 11.8. The van der Waals surface area contributed by atoms with Gasteiger partial charge in [0.25, 0.3) is 5.91 Å². The Morgan fingerprint density at radius 1 is 1.08 bits per heavy atom. The Labute approximate surface area is 151 Å². The van der Waals surface area contributed by atoms with Gasteiger partial charge in [0.1, 0.15) is 5.75 Å². The molecule has 0 aromatic heterocycles. The molecule has 3 heteroatoms. The molecule has 0 spiro atoms. The molecule has 134 valence electrons. The zero-order valence-electron chi connectivity index (χ0n) is 15.8. The van der Waals surface area contributed by atoms with Crippen LogP contribution in [0.25, 0.3) is 0 Å². The number of carbonyl (C=O) groups excluding carboxylic acids is 1. The molecule has 0 radical (unpaired) electrons. The Morgan fingerprint density at radius 2 is 1.80 bits per heavy atom. The summed E-state index contributed by atoms with van der Waals surface area (Å²) in [6, 6.07) is 14.0. The molecule has 0 saturated heterocycles. The zero-order valence-corrected chi connectivity index (χ0v) is 15.8. The second-order valence-electron chi connectivity index (χ2n) is 6.50. The molecule has 2 aromatic carbocycles. The van der Waals surface area contributed by atoms with E-state index in [9.17, 15) is 4.79 Å². The van der Waals surface area contributed by atoms with E-state index in [2.05, 4.69) is 24.4 Å². The summed E-state index contributed by atoms with van der Waals surface area (Å²) in [5, 5.41) is 2.97. The van der Waals surface area contributed by atoms with Gasteiger partial charge in [0.2, 0.25) is 0 Å². The van der Waals surface area contributed by atoms with E-state index in [0.29, 0.717) is 6.42 Å². The number of anilines is 1. The van der Waals surface area contributed by atoms with Crippen LogP contribution in [0.4, 0.5) is 5.69 Å². The summed E-state index contributed by atoms with van der Waals surface area (Å²) in [5.41, 5.74) is 4.36. The highest BCUT2D eigenvalue weighted by molar-refractivity contribution is 5.94. The molecule has 1 amide bonds. The van der Waals surface area contributed by atoms with Crippen LogP contribution in [0.5, 0.6) is 5.75 Å². The summed E-state index contributed by atoms with van der Waals surface area (Å²) >= 11 is 0. The Morgan fingerprint density at radius 3 is 2.44 bits per heavy atom. The molecule has 3 nitrogen and oxygen atoms in total. The first kappa shape index (κ1) is 19.0. The maximum atomic E-state index is 12.6. The number of unbranched alkanes of at least 4 members (excludes halogenated alkanes) is 1. The van der Waals surface area contributed by atoms with Crippen molar-refractivity contribution in [3.63, 3.8) is 0 Å². The molecule has 0 heterocycles. The maximum absolute atomic E-state index is 12.6. The highest BCUT2D eigenvalue weighted by Gasteiger charge is 2.19. The van der Waals surface area contributed by atoms with E-state index in [0.717, 1.165) is 29.0 Å². The molecule has 2 aromatic rings. The fourth-order valence-corrected chi connectivity index (χ4v) is 2.69. The van der Waals surface area contributed by atoms with E-state index in [1.165, 1.54) is 18.4 Å². The second-order valence-corrected chi connectivity index (χ2v) is 6.50. The molecule has 0 bridgehead atoms. The standard InChI is InChI=1S/C22H29NO2/c1-5-7-10-18-12-14-19(15-13-18)23-22(24)20(6-2)25-21-11-8-9-16(3)17(21)4/h8-9,11-15,20H,5-7,10H2,1-4H3,(H,23,24)/t20-/m1/s1. The van der Waals surface area contributed by atoms with Gasteiger partial charge in [-0.05, 0) is 68.0 Å². The van der Waals surface area contributed by atoms with Crippen LogP contribution in [0.1, 0.15) is 49.8 Å².